The standard InChI is InChI=1S/C16H22N4O/c1-12-7-17-6-5-14(12)3-4-16(10-21)19-9-15-8-18-11-20-13(15)2/h5-8,11,16,19,21H,3-4,9-10H2,1-2H3. The third-order valence-electron chi connectivity index (χ3n) is 3.71. The zero-order valence-electron chi connectivity index (χ0n) is 12.6. The van der Waals surface area contributed by atoms with Crippen LogP contribution >= 0.6 is 0 Å². The number of rotatable bonds is 7. The first kappa shape index (κ1) is 15.5. The number of aliphatic hydroxyl groups is 1. The molecular formula is C16H22N4O. The first-order valence-electron chi connectivity index (χ1n) is 7.20. The molecule has 0 saturated carbocycles. The fraction of sp³-hybridized carbons (Fsp3) is 0.438. The molecule has 2 rings (SSSR count). The van der Waals surface area contributed by atoms with Gasteiger partial charge in [-0.1, -0.05) is 0 Å². The predicted molar refractivity (Wildman–Crippen MR) is 81.8 cm³/mol. The lowest BCUT2D eigenvalue weighted by atomic mass is 10.0. The molecule has 0 amide bonds. The van der Waals surface area contributed by atoms with Crippen molar-refractivity contribution in [1.82, 2.24) is 20.3 Å². The molecule has 2 aromatic heterocycles. The van der Waals surface area contributed by atoms with Crippen molar-refractivity contribution in [1.29, 1.82) is 0 Å². The molecule has 5 nitrogen and oxygen atoms in total. The van der Waals surface area contributed by atoms with Gasteiger partial charge in [0.05, 0.1) is 6.61 Å². The molecular weight excluding hydrogens is 264 g/mol. The second kappa shape index (κ2) is 7.81. The molecule has 0 aromatic carbocycles. The summed E-state index contributed by atoms with van der Waals surface area (Å²) in [6, 6.07) is 2.11. The molecule has 2 N–H and O–H groups in total. The highest BCUT2D eigenvalue weighted by molar-refractivity contribution is 5.21. The summed E-state index contributed by atoms with van der Waals surface area (Å²) in [7, 11) is 0. The van der Waals surface area contributed by atoms with Gasteiger partial charge in [0.15, 0.2) is 0 Å². The number of pyridine rings is 1. The van der Waals surface area contributed by atoms with E-state index < -0.39 is 0 Å². The maximum atomic E-state index is 9.51. The van der Waals surface area contributed by atoms with Gasteiger partial charge in [-0.2, -0.15) is 0 Å². The molecule has 112 valence electrons. The summed E-state index contributed by atoms with van der Waals surface area (Å²) in [6.45, 7) is 4.82. The average molecular weight is 286 g/mol. The highest BCUT2D eigenvalue weighted by atomic mass is 16.3. The molecule has 0 radical (unpaired) electrons. The molecule has 1 atom stereocenters. The number of nitrogens with one attached hydrogen (secondary N) is 1. The Labute approximate surface area is 125 Å². The van der Waals surface area contributed by atoms with E-state index in [2.05, 4.69) is 27.2 Å². The lowest BCUT2D eigenvalue weighted by Crippen LogP contribution is -2.32. The minimum Gasteiger partial charge on any atom is -0.395 e. The van der Waals surface area contributed by atoms with E-state index in [4.69, 9.17) is 0 Å². The molecule has 2 heterocycles. The maximum Gasteiger partial charge on any atom is 0.115 e. The summed E-state index contributed by atoms with van der Waals surface area (Å²) in [6.07, 6.45) is 8.87. The van der Waals surface area contributed by atoms with Gasteiger partial charge in [-0.05, 0) is 43.9 Å². The Kier molecular flexibility index (Phi) is 5.78. The quantitative estimate of drug-likeness (QED) is 0.808. The van der Waals surface area contributed by atoms with Gasteiger partial charge in [0, 0.05) is 42.4 Å². The Morgan fingerprint density at radius 2 is 2.05 bits per heavy atom. The van der Waals surface area contributed by atoms with Gasteiger partial charge in [0.25, 0.3) is 0 Å². The number of aromatic nitrogens is 3. The smallest absolute Gasteiger partial charge is 0.115 e. The Hall–Kier alpha value is -1.85. The van der Waals surface area contributed by atoms with Crippen LogP contribution in [0.2, 0.25) is 0 Å². The van der Waals surface area contributed by atoms with Crippen LogP contribution in [0, 0.1) is 13.8 Å². The Morgan fingerprint density at radius 3 is 2.76 bits per heavy atom. The Bertz CT molecular complexity index is 524. The zero-order valence-corrected chi connectivity index (χ0v) is 12.6. The average Bonchev–Trinajstić information content (AvgIpc) is 2.50. The molecule has 0 aliphatic carbocycles. The molecule has 0 fully saturated rings. The molecule has 0 aliphatic rings. The lowest BCUT2D eigenvalue weighted by molar-refractivity contribution is 0.234. The topological polar surface area (TPSA) is 70.9 Å². The minimum absolute atomic E-state index is 0.0668. The highest BCUT2D eigenvalue weighted by Crippen LogP contribution is 2.10. The predicted octanol–water partition coefficient (Wildman–Crippen LogP) is 1.57. The summed E-state index contributed by atoms with van der Waals surface area (Å²) >= 11 is 0. The van der Waals surface area contributed by atoms with E-state index in [0.717, 1.165) is 24.1 Å². The van der Waals surface area contributed by atoms with Crippen molar-refractivity contribution in [3.63, 3.8) is 0 Å². The van der Waals surface area contributed by atoms with Crippen molar-refractivity contribution in [3.05, 3.63) is 53.4 Å². The van der Waals surface area contributed by atoms with Crippen molar-refractivity contribution < 1.29 is 5.11 Å². The fourth-order valence-corrected chi connectivity index (χ4v) is 2.22. The van der Waals surface area contributed by atoms with Crippen LogP contribution in [-0.2, 0) is 13.0 Å². The van der Waals surface area contributed by atoms with Crippen molar-refractivity contribution in [2.75, 3.05) is 6.61 Å². The van der Waals surface area contributed by atoms with Crippen LogP contribution in [0.5, 0.6) is 0 Å². The van der Waals surface area contributed by atoms with Gasteiger partial charge in [-0.25, -0.2) is 9.97 Å². The largest absolute Gasteiger partial charge is 0.395 e. The normalized spacial score (nSPS) is 12.3. The van der Waals surface area contributed by atoms with Crippen LogP contribution in [0.4, 0.5) is 0 Å². The summed E-state index contributed by atoms with van der Waals surface area (Å²) in [5.41, 5.74) is 4.51. The van der Waals surface area contributed by atoms with E-state index in [-0.39, 0.29) is 12.6 Å². The van der Waals surface area contributed by atoms with Crippen molar-refractivity contribution in [3.8, 4) is 0 Å². The second-order valence-corrected chi connectivity index (χ2v) is 5.23. The second-order valence-electron chi connectivity index (χ2n) is 5.23. The van der Waals surface area contributed by atoms with E-state index in [0.29, 0.717) is 6.54 Å². The molecule has 21 heavy (non-hydrogen) atoms. The number of nitrogens with zero attached hydrogens (tertiary/aromatic N) is 3. The van der Waals surface area contributed by atoms with E-state index >= 15 is 0 Å². The van der Waals surface area contributed by atoms with Gasteiger partial charge in [-0.3, -0.25) is 4.98 Å². The molecule has 2 aromatic rings. The van der Waals surface area contributed by atoms with Crippen LogP contribution in [0.1, 0.15) is 28.8 Å². The monoisotopic (exact) mass is 286 g/mol. The summed E-state index contributed by atoms with van der Waals surface area (Å²) in [5, 5.41) is 12.9. The summed E-state index contributed by atoms with van der Waals surface area (Å²) < 4.78 is 0. The van der Waals surface area contributed by atoms with Gasteiger partial charge in [0.1, 0.15) is 6.33 Å². The third kappa shape index (κ3) is 4.58. The minimum atomic E-state index is 0.0668. The number of hydrogen-bond donors (Lipinski definition) is 2. The summed E-state index contributed by atoms with van der Waals surface area (Å²) in [5.74, 6) is 0. The molecule has 0 aliphatic heterocycles. The zero-order chi connectivity index (χ0) is 15.1. The van der Waals surface area contributed by atoms with Crippen molar-refractivity contribution in [2.45, 2.75) is 39.3 Å². The first-order chi connectivity index (χ1) is 10.2. The highest BCUT2D eigenvalue weighted by Gasteiger charge is 2.09. The maximum absolute atomic E-state index is 9.51. The van der Waals surface area contributed by atoms with Crippen LogP contribution in [-0.4, -0.2) is 32.7 Å². The SMILES string of the molecule is Cc1cnccc1CCC(CO)NCc1cncnc1C. The Morgan fingerprint density at radius 1 is 1.19 bits per heavy atom. The van der Waals surface area contributed by atoms with Crippen LogP contribution in [0.15, 0.2) is 31.0 Å². The van der Waals surface area contributed by atoms with E-state index in [1.807, 2.05) is 31.6 Å². The number of hydrogen-bond acceptors (Lipinski definition) is 5. The van der Waals surface area contributed by atoms with Gasteiger partial charge < -0.3 is 10.4 Å². The molecule has 0 bridgehead atoms. The fourth-order valence-electron chi connectivity index (χ4n) is 2.22. The van der Waals surface area contributed by atoms with Crippen LogP contribution in [0.3, 0.4) is 0 Å². The third-order valence-corrected chi connectivity index (χ3v) is 3.71. The van der Waals surface area contributed by atoms with E-state index in [1.54, 1.807) is 6.33 Å². The van der Waals surface area contributed by atoms with Gasteiger partial charge in [-0.15, -0.1) is 0 Å². The van der Waals surface area contributed by atoms with Crippen molar-refractivity contribution >= 4 is 0 Å². The molecule has 0 spiro atoms. The number of aliphatic hydroxyl groups excluding tert-OH is 1. The van der Waals surface area contributed by atoms with Crippen LogP contribution < -0.4 is 5.32 Å². The van der Waals surface area contributed by atoms with Gasteiger partial charge >= 0.3 is 0 Å². The molecule has 1 unspecified atom stereocenters. The van der Waals surface area contributed by atoms with Crippen molar-refractivity contribution in [2.24, 2.45) is 0 Å². The van der Waals surface area contributed by atoms with Gasteiger partial charge in [0.2, 0.25) is 0 Å². The molecule has 0 saturated heterocycles. The lowest BCUT2D eigenvalue weighted by Gasteiger charge is -2.17. The van der Waals surface area contributed by atoms with E-state index in [1.165, 1.54) is 11.1 Å². The summed E-state index contributed by atoms with van der Waals surface area (Å²) in [4.78, 5) is 12.3. The van der Waals surface area contributed by atoms with Crippen LogP contribution in [0.25, 0.3) is 0 Å². The van der Waals surface area contributed by atoms with E-state index in [9.17, 15) is 5.11 Å². The Balaban J connectivity index is 1.86. The number of aryl methyl sites for hydroxylation is 3. The molecule has 5 heteroatoms. The first-order valence-corrected chi connectivity index (χ1v) is 7.20.